The van der Waals surface area contributed by atoms with Crippen molar-refractivity contribution in [3.63, 3.8) is 0 Å². The molecule has 5 aromatic rings. The minimum atomic E-state index is 0.0345. The number of benzene rings is 2. The SMILES string of the molecule is COc1cccc(C(C)Nc2ncc3cc(-c4ncnc5[nH]ncc45)ccc3n2)c1. The zero-order chi connectivity index (χ0) is 20.5. The van der Waals surface area contributed by atoms with Crippen LogP contribution < -0.4 is 10.1 Å². The van der Waals surface area contributed by atoms with Gasteiger partial charge in [-0.3, -0.25) is 5.10 Å². The van der Waals surface area contributed by atoms with Gasteiger partial charge in [-0.05, 0) is 36.8 Å². The van der Waals surface area contributed by atoms with Crippen LogP contribution in [0.25, 0.3) is 33.2 Å². The minimum absolute atomic E-state index is 0.0345. The van der Waals surface area contributed by atoms with Gasteiger partial charge in [-0.25, -0.2) is 19.9 Å². The van der Waals surface area contributed by atoms with E-state index in [0.29, 0.717) is 11.6 Å². The lowest BCUT2D eigenvalue weighted by atomic mass is 10.1. The van der Waals surface area contributed by atoms with Crippen LogP contribution in [0.3, 0.4) is 0 Å². The maximum absolute atomic E-state index is 5.31. The number of aromatic nitrogens is 6. The standard InChI is InChI=1S/C22H19N7O/c1-13(14-4-3-5-17(9-14)30-2)27-22-23-10-16-8-15(6-7-19(16)28-22)20-18-11-26-29-21(18)25-12-24-20/h3-13H,1-2H3,(H,23,27,28)(H,24,25,26,29). The molecule has 0 saturated carbocycles. The molecular weight excluding hydrogens is 378 g/mol. The van der Waals surface area contributed by atoms with Crippen LogP contribution in [0.1, 0.15) is 18.5 Å². The number of hydrogen-bond acceptors (Lipinski definition) is 7. The molecule has 1 atom stereocenters. The molecule has 0 bridgehead atoms. The Kier molecular flexibility index (Phi) is 4.44. The van der Waals surface area contributed by atoms with E-state index >= 15 is 0 Å². The molecule has 0 radical (unpaired) electrons. The summed E-state index contributed by atoms with van der Waals surface area (Å²) >= 11 is 0. The number of hydrogen-bond donors (Lipinski definition) is 2. The Hall–Kier alpha value is -4.07. The van der Waals surface area contributed by atoms with Crippen LogP contribution in [0.15, 0.2) is 61.2 Å². The molecule has 8 nitrogen and oxygen atoms in total. The molecule has 1 unspecified atom stereocenters. The van der Waals surface area contributed by atoms with Crippen LogP contribution in [0.4, 0.5) is 5.95 Å². The number of ether oxygens (including phenoxy) is 1. The quantitative estimate of drug-likeness (QED) is 0.459. The van der Waals surface area contributed by atoms with Crippen molar-refractivity contribution < 1.29 is 4.74 Å². The second kappa shape index (κ2) is 7.40. The fourth-order valence-electron chi connectivity index (χ4n) is 3.43. The van der Waals surface area contributed by atoms with E-state index in [2.05, 4.69) is 42.4 Å². The van der Waals surface area contributed by atoms with E-state index in [1.807, 2.05) is 48.7 Å². The van der Waals surface area contributed by atoms with Crippen LogP contribution in [0.2, 0.25) is 0 Å². The number of fused-ring (bicyclic) bond motifs is 2. The molecule has 0 aliphatic carbocycles. The van der Waals surface area contributed by atoms with Crippen molar-refractivity contribution in [1.82, 2.24) is 30.1 Å². The van der Waals surface area contributed by atoms with Gasteiger partial charge in [0.05, 0.1) is 35.9 Å². The lowest BCUT2D eigenvalue weighted by Gasteiger charge is -2.15. The van der Waals surface area contributed by atoms with Gasteiger partial charge in [-0.2, -0.15) is 5.10 Å². The summed E-state index contributed by atoms with van der Waals surface area (Å²) in [5, 5.41) is 12.1. The first-order valence-corrected chi connectivity index (χ1v) is 9.53. The van der Waals surface area contributed by atoms with E-state index in [1.54, 1.807) is 13.3 Å². The Morgan fingerprint density at radius 3 is 2.87 bits per heavy atom. The lowest BCUT2D eigenvalue weighted by Crippen LogP contribution is -2.09. The average molecular weight is 397 g/mol. The highest BCUT2D eigenvalue weighted by molar-refractivity contribution is 5.93. The Morgan fingerprint density at radius 1 is 1.03 bits per heavy atom. The van der Waals surface area contributed by atoms with Gasteiger partial charge >= 0.3 is 0 Å². The molecule has 0 aliphatic heterocycles. The Labute approximate surface area is 172 Å². The molecule has 5 rings (SSSR count). The first-order valence-electron chi connectivity index (χ1n) is 9.53. The average Bonchev–Trinajstić information content (AvgIpc) is 3.28. The Balaban J connectivity index is 1.44. The number of nitrogens with zero attached hydrogens (tertiary/aromatic N) is 5. The summed E-state index contributed by atoms with van der Waals surface area (Å²) in [4.78, 5) is 17.8. The summed E-state index contributed by atoms with van der Waals surface area (Å²) in [5.74, 6) is 1.40. The number of nitrogens with one attached hydrogen (secondary N) is 2. The first-order chi connectivity index (χ1) is 14.7. The zero-order valence-corrected chi connectivity index (χ0v) is 16.5. The van der Waals surface area contributed by atoms with Crippen LogP contribution in [-0.2, 0) is 0 Å². The van der Waals surface area contributed by atoms with Crippen molar-refractivity contribution in [2.24, 2.45) is 0 Å². The van der Waals surface area contributed by atoms with E-state index in [1.165, 1.54) is 6.33 Å². The molecule has 0 spiro atoms. The normalized spacial score (nSPS) is 12.2. The number of rotatable bonds is 5. The van der Waals surface area contributed by atoms with E-state index < -0.39 is 0 Å². The van der Waals surface area contributed by atoms with Crippen molar-refractivity contribution >= 4 is 27.9 Å². The smallest absolute Gasteiger partial charge is 0.223 e. The van der Waals surface area contributed by atoms with Crippen LogP contribution in [-0.4, -0.2) is 37.2 Å². The molecule has 3 heterocycles. The van der Waals surface area contributed by atoms with Crippen LogP contribution in [0, 0.1) is 0 Å². The second-order valence-corrected chi connectivity index (χ2v) is 6.96. The van der Waals surface area contributed by atoms with Crippen molar-refractivity contribution in [2.75, 3.05) is 12.4 Å². The van der Waals surface area contributed by atoms with Crippen LogP contribution in [0.5, 0.6) is 5.75 Å². The van der Waals surface area contributed by atoms with Gasteiger partial charge in [0, 0.05) is 17.1 Å². The lowest BCUT2D eigenvalue weighted by molar-refractivity contribution is 0.414. The molecule has 3 aromatic heterocycles. The highest BCUT2D eigenvalue weighted by atomic mass is 16.5. The van der Waals surface area contributed by atoms with Crippen molar-refractivity contribution in [3.8, 4) is 17.0 Å². The van der Waals surface area contributed by atoms with E-state index in [4.69, 9.17) is 4.74 Å². The maximum Gasteiger partial charge on any atom is 0.223 e. The molecule has 0 aliphatic rings. The van der Waals surface area contributed by atoms with E-state index in [0.717, 1.165) is 38.9 Å². The molecule has 30 heavy (non-hydrogen) atoms. The van der Waals surface area contributed by atoms with Crippen LogP contribution >= 0.6 is 0 Å². The van der Waals surface area contributed by atoms with E-state index in [9.17, 15) is 0 Å². The highest BCUT2D eigenvalue weighted by Gasteiger charge is 2.11. The number of anilines is 1. The molecule has 2 aromatic carbocycles. The number of aromatic amines is 1. The third kappa shape index (κ3) is 3.28. The fraction of sp³-hybridized carbons (Fsp3) is 0.136. The summed E-state index contributed by atoms with van der Waals surface area (Å²) in [6.45, 7) is 2.07. The van der Waals surface area contributed by atoms with Gasteiger partial charge in [-0.15, -0.1) is 0 Å². The first kappa shape index (κ1) is 18.0. The molecule has 2 N–H and O–H groups in total. The molecular formula is C22H19N7O. The molecule has 0 saturated heterocycles. The van der Waals surface area contributed by atoms with Gasteiger partial charge in [0.2, 0.25) is 5.95 Å². The molecule has 0 fully saturated rings. The molecule has 8 heteroatoms. The molecule has 0 amide bonds. The number of H-pyrrole nitrogens is 1. The zero-order valence-electron chi connectivity index (χ0n) is 16.5. The van der Waals surface area contributed by atoms with Gasteiger partial charge < -0.3 is 10.1 Å². The summed E-state index contributed by atoms with van der Waals surface area (Å²) in [6, 6.07) is 14.0. The third-order valence-corrected chi connectivity index (χ3v) is 5.04. The summed E-state index contributed by atoms with van der Waals surface area (Å²) < 4.78 is 5.31. The monoisotopic (exact) mass is 397 g/mol. The fourth-order valence-corrected chi connectivity index (χ4v) is 3.43. The van der Waals surface area contributed by atoms with Gasteiger partial charge in [-0.1, -0.05) is 18.2 Å². The van der Waals surface area contributed by atoms with Gasteiger partial charge in [0.25, 0.3) is 0 Å². The van der Waals surface area contributed by atoms with Gasteiger partial charge in [0.15, 0.2) is 5.65 Å². The predicted octanol–water partition coefficient (Wildman–Crippen LogP) is 4.14. The minimum Gasteiger partial charge on any atom is -0.497 e. The van der Waals surface area contributed by atoms with Gasteiger partial charge in [0.1, 0.15) is 12.1 Å². The Bertz CT molecular complexity index is 1350. The van der Waals surface area contributed by atoms with Crippen molar-refractivity contribution in [2.45, 2.75) is 13.0 Å². The number of methoxy groups -OCH3 is 1. The van der Waals surface area contributed by atoms with Crippen molar-refractivity contribution in [3.05, 3.63) is 66.7 Å². The largest absolute Gasteiger partial charge is 0.497 e. The second-order valence-electron chi connectivity index (χ2n) is 6.96. The predicted molar refractivity (Wildman–Crippen MR) is 115 cm³/mol. The summed E-state index contributed by atoms with van der Waals surface area (Å²) in [6.07, 6.45) is 5.09. The van der Waals surface area contributed by atoms with E-state index in [-0.39, 0.29) is 6.04 Å². The maximum atomic E-state index is 5.31. The Morgan fingerprint density at radius 2 is 1.97 bits per heavy atom. The summed E-state index contributed by atoms with van der Waals surface area (Å²) in [7, 11) is 1.66. The van der Waals surface area contributed by atoms with Crippen molar-refractivity contribution in [1.29, 1.82) is 0 Å². The highest BCUT2D eigenvalue weighted by Crippen LogP contribution is 2.27. The summed E-state index contributed by atoms with van der Waals surface area (Å²) in [5.41, 5.74) is 4.45. The third-order valence-electron chi connectivity index (χ3n) is 5.04. The topological polar surface area (TPSA) is 102 Å². The molecule has 148 valence electrons.